The van der Waals surface area contributed by atoms with Crippen LogP contribution in [0, 0.1) is 6.92 Å². The number of methoxy groups -OCH3 is 1. The van der Waals surface area contributed by atoms with E-state index in [-0.39, 0.29) is 0 Å². The quantitative estimate of drug-likeness (QED) is 0.842. The number of rotatable bonds is 6. The molecule has 1 N–H and O–H groups in total. The van der Waals surface area contributed by atoms with Gasteiger partial charge in [-0.2, -0.15) is 23.5 Å². The second kappa shape index (κ2) is 8.35. The lowest BCUT2D eigenvalue weighted by atomic mass is 9.97. The van der Waals surface area contributed by atoms with Gasteiger partial charge in [0.1, 0.15) is 5.75 Å². The fourth-order valence-corrected chi connectivity index (χ4v) is 6.21. The van der Waals surface area contributed by atoms with Gasteiger partial charge in [-0.15, -0.1) is 0 Å². The van der Waals surface area contributed by atoms with E-state index in [2.05, 4.69) is 67.8 Å². The van der Waals surface area contributed by atoms with Crippen molar-refractivity contribution in [3.05, 3.63) is 29.3 Å². The van der Waals surface area contributed by atoms with Crippen molar-refractivity contribution in [1.82, 2.24) is 5.32 Å². The fraction of sp³-hybridized carbons (Fsp3) is 0.647. The number of thioether (sulfide) groups is 2. The van der Waals surface area contributed by atoms with E-state index in [1.165, 1.54) is 29.1 Å². The molecule has 1 saturated heterocycles. The number of ether oxygens (including phenoxy) is 1. The highest BCUT2D eigenvalue weighted by molar-refractivity contribution is 8.07. The van der Waals surface area contributed by atoms with Crippen molar-refractivity contribution in [2.75, 3.05) is 25.2 Å². The first-order valence-electron chi connectivity index (χ1n) is 7.82. The second-order valence-corrected chi connectivity index (χ2v) is 8.07. The largest absolute Gasteiger partial charge is 0.496 e. The molecule has 0 spiro atoms. The first kappa shape index (κ1) is 17.0. The Kier molecular flexibility index (Phi) is 6.77. The van der Waals surface area contributed by atoms with Gasteiger partial charge in [0.15, 0.2) is 0 Å². The summed E-state index contributed by atoms with van der Waals surface area (Å²) in [4.78, 5) is 0. The minimum absolute atomic E-state index is 0.368. The predicted molar refractivity (Wildman–Crippen MR) is 96.9 cm³/mol. The minimum atomic E-state index is 0.368. The van der Waals surface area contributed by atoms with E-state index in [9.17, 15) is 0 Å². The smallest absolute Gasteiger partial charge is 0.123 e. The van der Waals surface area contributed by atoms with Gasteiger partial charge >= 0.3 is 0 Å². The Labute approximate surface area is 137 Å². The second-order valence-electron chi connectivity index (χ2n) is 5.43. The van der Waals surface area contributed by atoms with Gasteiger partial charge in [-0.1, -0.05) is 31.5 Å². The summed E-state index contributed by atoms with van der Waals surface area (Å²) in [5.74, 6) is 3.54. The monoisotopic (exact) mass is 325 g/mol. The van der Waals surface area contributed by atoms with Gasteiger partial charge in [0.2, 0.25) is 0 Å². The summed E-state index contributed by atoms with van der Waals surface area (Å²) in [6.07, 6.45) is 1.23. The summed E-state index contributed by atoms with van der Waals surface area (Å²) < 4.78 is 5.63. The van der Waals surface area contributed by atoms with Crippen LogP contribution in [0.1, 0.15) is 37.4 Å². The van der Waals surface area contributed by atoms with Crippen molar-refractivity contribution in [3.63, 3.8) is 0 Å². The molecule has 0 amide bonds. The zero-order valence-corrected chi connectivity index (χ0v) is 15.2. The lowest BCUT2D eigenvalue weighted by molar-refractivity contribution is 0.396. The van der Waals surface area contributed by atoms with Crippen LogP contribution in [-0.2, 0) is 0 Å². The van der Waals surface area contributed by atoms with Gasteiger partial charge in [0, 0.05) is 33.6 Å². The lowest BCUT2D eigenvalue weighted by Gasteiger charge is -2.37. The van der Waals surface area contributed by atoms with E-state index in [1.807, 2.05) is 0 Å². The molecule has 1 heterocycles. The Morgan fingerprint density at radius 2 is 2.05 bits per heavy atom. The third-order valence-electron chi connectivity index (χ3n) is 3.97. The highest BCUT2D eigenvalue weighted by Crippen LogP contribution is 2.42. The number of hydrogen-bond donors (Lipinski definition) is 1. The van der Waals surface area contributed by atoms with Gasteiger partial charge < -0.3 is 10.1 Å². The summed E-state index contributed by atoms with van der Waals surface area (Å²) in [6.45, 7) is 7.65. The van der Waals surface area contributed by atoms with Crippen molar-refractivity contribution in [2.24, 2.45) is 0 Å². The molecule has 0 bridgehead atoms. The third kappa shape index (κ3) is 4.11. The van der Waals surface area contributed by atoms with Crippen LogP contribution in [0.2, 0.25) is 0 Å². The van der Waals surface area contributed by atoms with E-state index < -0.39 is 0 Å². The molecule has 0 radical (unpaired) electrons. The van der Waals surface area contributed by atoms with Crippen LogP contribution in [0.25, 0.3) is 0 Å². The number of benzene rings is 1. The Balaban J connectivity index is 2.35. The Hall–Kier alpha value is -0.320. The van der Waals surface area contributed by atoms with E-state index in [0.29, 0.717) is 11.3 Å². The molecule has 3 atom stereocenters. The number of nitrogens with one attached hydrogen (secondary N) is 1. The van der Waals surface area contributed by atoms with Crippen LogP contribution >= 0.6 is 23.5 Å². The SMILES string of the molecule is CCNC(c1cc(C)ccc1OC)C1SCCSC1CC. The number of hydrogen-bond acceptors (Lipinski definition) is 4. The Bertz CT molecular complexity index is 452. The zero-order valence-electron chi connectivity index (χ0n) is 13.5. The molecule has 2 nitrogen and oxygen atoms in total. The molecule has 1 aromatic rings. The van der Waals surface area contributed by atoms with Crippen molar-refractivity contribution >= 4 is 23.5 Å². The summed E-state index contributed by atoms with van der Waals surface area (Å²) in [5.41, 5.74) is 2.62. The van der Waals surface area contributed by atoms with E-state index >= 15 is 0 Å². The molecular formula is C17H27NOS2. The molecule has 1 aliphatic heterocycles. The van der Waals surface area contributed by atoms with Crippen LogP contribution in [0.4, 0.5) is 0 Å². The molecule has 2 rings (SSSR count). The van der Waals surface area contributed by atoms with Crippen molar-refractivity contribution < 1.29 is 4.74 Å². The maximum absolute atomic E-state index is 5.63. The summed E-state index contributed by atoms with van der Waals surface area (Å²) >= 11 is 4.26. The molecule has 4 heteroatoms. The van der Waals surface area contributed by atoms with E-state index in [1.54, 1.807) is 7.11 Å². The van der Waals surface area contributed by atoms with Crippen LogP contribution in [0.15, 0.2) is 18.2 Å². The molecule has 118 valence electrons. The van der Waals surface area contributed by atoms with E-state index in [4.69, 9.17) is 4.74 Å². The molecule has 0 aliphatic carbocycles. The normalized spacial score (nSPS) is 23.8. The number of aryl methyl sites for hydroxylation is 1. The topological polar surface area (TPSA) is 21.3 Å². The first-order chi connectivity index (χ1) is 10.2. The molecule has 0 aromatic heterocycles. The van der Waals surface area contributed by atoms with Gasteiger partial charge in [-0.3, -0.25) is 0 Å². The van der Waals surface area contributed by atoms with Crippen molar-refractivity contribution in [2.45, 2.75) is 43.7 Å². The predicted octanol–water partition coefficient (Wildman–Crippen LogP) is 4.28. The van der Waals surface area contributed by atoms with E-state index in [0.717, 1.165) is 17.5 Å². The molecule has 1 aliphatic rings. The molecule has 21 heavy (non-hydrogen) atoms. The lowest BCUT2D eigenvalue weighted by Crippen LogP contribution is -2.39. The van der Waals surface area contributed by atoms with Gasteiger partial charge in [0.05, 0.1) is 7.11 Å². The summed E-state index contributed by atoms with van der Waals surface area (Å²) in [6, 6.07) is 6.90. The van der Waals surface area contributed by atoms with Crippen LogP contribution in [0.3, 0.4) is 0 Å². The molecule has 3 unspecified atom stereocenters. The minimum Gasteiger partial charge on any atom is -0.496 e. The maximum atomic E-state index is 5.63. The van der Waals surface area contributed by atoms with Crippen LogP contribution < -0.4 is 10.1 Å². The van der Waals surface area contributed by atoms with Gasteiger partial charge in [-0.25, -0.2) is 0 Å². The van der Waals surface area contributed by atoms with Gasteiger partial charge in [-0.05, 0) is 26.0 Å². The van der Waals surface area contributed by atoms with Crippen molar-refractivity contribution in [1.29, 1.82) is 0 Å². The standard InChI is InChI=1S/C17H27NOS2/c1-5-15-17(21-10-9-20-15)16(18-6-2)13-11-12(3)7-8-14(13)19-4/h7-8,11,15-18H,5-6,9-10H2,1-4H3. The van der Waals surface area contributed by atoms with Crippen LogP contribution in [-0.4, -0.2) is 35.7 Å². The molecule has 1 aromatic carbocycles. The Morgan fingerprint density at radius 3 is 2.71 bits per heavy atom. The van der Waals surface area contributed by atoms with Crippen molar-refractivity contribution in [3.8, 4) is 5.75 Å². The fourth-order valence-electron chi connectivity index (χ4n) is 2.97. The summed E-state index contributed by atoms with van der Waals surface area (Å²) in [7, 11) is 1.78. The average Bonchev–Trinajstić information content (AvgIpc) is 2.52. The maximum Gasteiger partial charge on any atom is 0.123 e. The van der Waals surface area contributed by atoms with Crippen LogP contribution in [0.5, 0.6) is 5.75 Å². The molecule has 1 fully saturated rings. The van der Waals surface area contributed by atoms with Gasteiger partial charge in [0.25, 0.3) is 0 Å². The first-order valence-corrected chi connectivity index (χ1v) is 9.92. The highest BCUT2D eigenvalue weighted by atomic mass is 32.2. The highest BCUT2D eigenvalue weighted by Gasteiger charge is 2.34. The third-order valence-corrected chi connectivity index (χ3v) is 7.32. The Morgan fingerprint density at radius 1 is 1.29 bits per heavy atom. The average molecular weight is 326 g/mol. The molecular weight excluding hydrogens is 298 g/mol. The molecule has 0 saturated carbocycles. The summed E-state index contributed by atoms with van der Waals surface area (Å²) in [5, 5.41) is 5.06. The zero-order chi connectivity index (χ0) is 15.2.